The van der Waals surface area contributed by atoms with Gasteiger partial charge in [-0.2, -0.15) is 5.10 Å². The molecule has 1 aromatic heterocycles. The molecule has 1 aliphatic heterocycles. The Kier molecular flexibility index (Phi) is 6.01. The minimum absolute atomic E-state index is 0.0191. The molecule has 1 N–H and O–H groups in total. The van der Waals surface area contributed by atoms with Gasteiger partial charge < -0.3 is 19.9 Å². The first-order valence-electron chi connectivity index (χ1n) is 8.23. The third kappa shape index (κ3) is 4.68. The van der Waals surface area contributed by atoms with Crippen molar-refractivity contribution >= 4 is 6.03 Å². The van der Waals surface area contributed by atoms with Gasteiger partial charge in [0.2, 0.25) is 0 Å². The van der Waals surface area contributed by atoms with Gasteiger partial charge in [0.15, 0.2) is 0 Å². The van der Waals surface area contributed by atoms with E-state index in [1.54, 1.807) is 4.68 Å². The molecule has 0 radical (unpaired) electrons. The van der Waals surface area contributed by atoms with E-state index in [0.29, 0.717) is 19.6 Å². The second-order valence-corrected chi connectivity index (χ2v) is 6.49. The SMILES string of the molecule is CC[C@H]1CN(C(=O)NC[C@H](c2cnn(C)c2)N(C)C)C[C@@H](C)O1. The van der Waals surface area contributed by atoms with E-state index in [0.717, 1.165) is 12.0 Å². The second-order valence-electron chi connectivity index (χ2n) is 6.49. The molecule has 1 aromatic rings. The lowest BCUT2D eigenvalue weighted by atomic mass is 10.1. The van der Waals surface area contributed by atoms with Crippen LogP contribution in [0.5, 0.6) is 0 Å². The van der Waals surface area contributed by atoms with Crippen LogP contribution in [-0.2, 0) is 11.8 Å². The van der Waals surface area contributed by atoms with Gasteiger partial charge in [0.25, 0.3) is 0 Å². The van der Waals surface area contributed by atoms with Gasteiger partial charge in [0.1, 0.15) is 0 Å². The molecular formula is C16H29N5O2. The Bertz CT molecular complexity index is 516. The van der Waals surface area contributed by atoms with E-state index < -0.39 is 0 Å². The summed E-state index contributed by atoms with van der Waals surface area (Å²) in [6.45, 7) is 5.96. The average molecular weight is 323 g/mol. The van der Waals surface area contributed by atoms with Gasteiger partial charge in [0.05, 0.1) is 24.4 Å². The average Bonchev–Trinajstić information content (AvgIpc) is 2.92. The van der Waals surface area contributed by atoms with E-state index in [1.807, 2.05) is 45.4 Å². The summed E-state index contributed by atoms with van der Waals surface area (Å²) >= 11 is 0. The summed E-state index contributed by atoms with van der Waals surface area (Å²) in [6.07, 6.45) is 4.97. The van der Waals surface area contributed by atoms with Crippen molar-refractivity contribution < 1.29 is 9.53 Å². The lowest BCUT2D eigenvalue weighted by molar-refractivity contribution is -0.0646. The Labute approximate surface area is 138 Å². The third-order valence-electron chi connectivity index (χ3n) is 4.25. The standard InChI is InChI=1S/C16H29N5O2/c1-6-14-11-21(9-12(2)23-14)16(22)17-8-15(19(3)4)13-7-18-20(5)10-13/h7,10,12,14-15H,6,8-9,11H2,1-5H3,(H,17,22)/t12-,14+,15-/m1/s1. The summed E-state index contributed by atoms with van der Waals surface area (Å²) in [5.41, 5.74) is 1.10. The number of morpholine rings is 1. The summed E-state index contributed by atoms with van der Waals surface area (Å²) in [6, 6.07) is 0.0856. The lowest BCUT2D eigenvalue weighted by Gasteiger charge is -2.36. The summed E-state index contributed by atoms with van der Waals surface area (Å²) < 4.78 is 7.59. The molecule has 23 heavy (non-hydrogen) atoms. The van der Waals surface area contributed by atoms with Crippen molar-refractivity contribution in [1.82, 2.24) is 24.9 Å². The number of aromatic nitrogens is 2. The zero-order valence-corrected chi connectivity index (χ0v) is 14.8. The molecule has 0 aromatic carbocycles. The molecule has 2 rings (SSSR count). The minimum atomic E-state index is -0.0191. The van der Waals surface area contributed by atoms with Crippen LogP contribution >= 0.6 is 0 Å². The number of carbonyl (C=O) groups excluding carboxylic acids is 1. The highest BCUT2D eigenvalue weighted by Crippen LogP contribution is 2.17. The summed E-state index contributed by atoms with van der Waals surface area (Å²) in [5, 5.41) is 7.28. The number of amides is 2. The Morgan fingerprint density at radius 1 is 1.52 bits per heavy atom. The number of hydrogen-bond acceptors (Lipinski definition) is 4. The number of aryl methyl sites for hydroxylation is 1. The van der Waals surface area contributed by atoms with E-state index in [9.17, 15) is 4.79 Å². The molecule has 7 nitrogen and oxygen atoms in total. The number of rotatable bonds is 5. The molecule has 1 fully saturated rings. The minimum Gasteiger partial charge on any atom is -0.372 e. The Balaban J connectivity index is 1.93. The normalized spacial score (nSPS) is 23.1. The predicted molar refractivity (Wildman–Crippen MR) is 89.2 cm³/mol. The Morgan fingerprint density at radius 2 is 2.26 bits per heavy atom. The van der Waals surface area contributed by atoms with Crippen molar-refractivity contribution in [3.63, 3.8) is 0 Å². The maximum Gasteiger partial charge on any atom is 0.317 e. The van der Waals surface area contributed by atoms with Gasteiger partial charge in [-0.05, 0) is 27.4 Å². The van der Waals surface area contributed by atoms with Crippen molar-refractivity contribution in [2.45, 2.75) is 38.5 Å². The summed E-state index contributed by atoms with van der Waals surface area (Å²) in [5.74, 6) is 0. The highest BCUT2D eigenvalue weighted by atomic mass is 16.5. The Hall–Kier alpha value is -1.60. The molecule has 2 heterocycles. The van der Waals surface area contributed by atoms with Gasteiger partial charge in [-0.3, -0.25) is 4.68 Å². The van der Waals surface area contributed by atoms with Crippen molar-refractivity contribution in [3.05, 3.63) is 18.0 Å². The van der Waals surface area contributed by atoms with Crippen LogP contribution in [0, 0.1) is 0 Å². The molecule has 130 valence electrons. The highest BCUT2D eigenvalue weighted by Gasteiger charge is 2.28. The van der Waals surface area contributed by atoms with Gasteiger partial charge in [-0.15, -0.1) is 0 Å². The largest absolute Gasteiger partial charge is 0.372 e. The number of urea groups is 1. The lowest BCUT2D eigenvalue weighted by Crippen LogP contribution is -2.53. The molecule has 1 saturated heterocycles. The van der Waals surface area contributed by atoms with Crippen molar-refractivity contribution in [1.29, 1.82) is 0 Å². The molecule has 0 bridgehead atoms. The second kappa shape index (κ2) is 7.79. The maximum absolute atomic E-state index is 12.5. The zero-order valence-electron chi connectivity index (χ0n) is 14.8. The smallest absolute Gasteiger partial charge is 0.317 e. The summed E-state index contributed by atoms with van der Waals surface area (Å²) in [4.78, 5) is 16.4. The van der Waals surface area contributed by atoms with Crippen molar-refractivity contribution in [3.8, 4) is 0 Å². The van der Waals surface area contributed by atoms with E-state index in [-0.39, 0.29) is 24.3 Å². The van der Waals surface area contributed by atoms with Crippen molar-refractivity contribution in [2.24, 2.45) is 7.05 Å². The number of hydrogen-bond donors (Lipinski definition) is 1. The topological polar surface area (TPSA) is 62.6 Å². The van der Waals surface area contributed by atoms with Gasteiger partial charge in [-0.1, -0.05) is 6.92 Å². The monoisotopic (exact) mass is 323 g/mol. The van der Waals surface area contributed by atoms with Crippen LogP contribution in [0.25, 0.3) is 0 Å². The Morgan fingerprint density at radius 3 is 2.83 bits per heavy atom. The van der Waals surface area contributed by atoms with Crippen LogP contribution in [0.4, 0.5) is 4.79 Å². The molecule has 0 saturated carbocycles. The van der Waals surface area contributed by atoms with Gasteiger partial charge in [0, 0.05) is 38.4 Å². The third-order valence-corrected chi connectivity index (χ3v) is 4.25. The molecule has 3 atom stereocenters. The summed E-state index contributed by atoms with van der Waals surface area (Å²) in [7, 11) is 5.91. The molecule has 2 amide bonds. The van der Waals surface area contributed by atoms with Crippen LogP contribution in [0.3, 0.4) is 0 Å². The van der Waals surface area contributed by atoms with E-state index in [4.69, 9.17) is 4.74 Å². The number of nitrogens with one attached hydrogen (secondary N) is 1. The van der Waals surface area contributed by atoms with E-state index in [1.165, 1.54) is 0 Å². The fraction of sp³-hybridized carbons (Fsp3) is 0.750. The maximum atomic E-state index is 12.5. The molecule has 1 aliphatic rings. The van der Waals surface area contributed by atoms with Crippen LogP contribution < -0.4 is 5.32 Å². The van der Waals surface area contributed by atoms with Crippen molar-refractivity contribution in [2.75, 3.05) is 33.7 Å². The number of carbonyl (C=O) groups is 1. The molecule has 0 unspecified atom stereocenters. The molecule has 7 heteroatoms. The fourth-order valence-corrected chi connectivity index (χ4v) is 2.94. The quantitative estimate of drug-likeness (QED) is 0.885. The first-order valence-corrected chi connectivity index (χ1v) is 8.23. The fourth-order valence-electron chi connectivity index (χ4n) is 2.94. The molecular weight excluding hydrogens is 294 g/mol. The first kappa shape index (κ1) is 17.7. The van der Waals surface area contributed by atoms with Gasteiger partial charge in [-0.25, -0.2) is 4.79 Å². The highest BCUT2D eigenvalue weighted by molar-refractivity contribution is 5.74. The van der Waals surface area contributed by atoms with Crippen LogP contribution in [0.1, 0.15) is 31.9 Å². The van der Waals surface area contributed by atoms with Crippen LogP contribution in [0.15, 0.2) is 12.4 Å². The van der Waals surface area contributed by atoms with E-state index >= 15 is 0 Å². The van der Waals surface area contributed by atoms with Crippen LogP contribution in [-0.4, -0.2) is 71.5 Å². The molecule has 0 spiro atoms. The first-order chi connectivity index (χ1) is 10.9. The van der Waals surface area contributed by atoms with Crippen LogP contribution in [0.2, 0.25) is 0 Å². The molecule has 0 aliphatic carbocycles. The van der Waals surface area contributed by atoms with E-state index in [2.05, 4.69) is 22.2 Å². The van der Waals surface area contributed by atoms with Gasteiger partial charge >= 0.3 is 6.03 Å². The number of nitrogens with zero attached hydrogens (tertiary/aromatic N) is 4. The number of ether oxygens (including phenoxy) is 1. The number of likely N-dealkylation sites (N-methyl/N-ethyl adjacent to an activating group) is 1. The zero-order chi connectivity index (χ0) is 17.0. The predicted octanol–water partition coefficient (Wildman–Crippen LogP) is 1.23.